The smallest absolute Gasteiger partial charge is 0.416 e. The number of hydrogen-bond acceptors (Lipinski definition) is 6. The van der Waals surface area contributed by atoms with E-state index in [0.29, 0.717) is 23.2 Å². The highest BCUT2D eigenvalue weighted by molar-refractivity contribution is 7.92. The van der Waals surface area contributed by atoms with E-state index in [4.69, 9.17) is 4.74 Å². The van der Waals surface area contributed by atoms with Crippen molar-refractivity contribution in [3.8, 4) is 5.88 Å². The highest BCUT2D eigenvalue weighted by Gasteiger charge is 2.31. The van der Waals surface area contributed by atoms with Crippen LogP contribution in [0.4, 0.5) is 23.2 Å². The second-order valence-corrected chi connectivity index (χ2v) is 8.77. The van der Waals surface area contributed by atoms with E-state index in [1.807, 2.05) is 4.72 Å². The van der Waals surface area contributed by atoms with Crippen LogP contribution < -0.4 is 9.46 Å². The number of rotatable bonds is 6. The number of aromatic amines is 1. The monoisotopic (exact) mass is 496 g/mol. The maximum Gasteiger partial charge on any atom is 0.416 e. The van der Waals surface area contributed by atoms with Crippen LogP contribution in [0.5, 0.6) is 5.88 Å². The van der Waals surface area contributed by atoms with Gasteiger partial charge in [0.1, 0.15) is 18.1 Å². The van der Waals surface area contributed by atoms with Crippen LogP contribution in [0.15, 0.2) is 59.9 Å². The van der Waals surface area contributed by atoms with E-state index >= 15 is 4.39 Å². The van der Waals surface area contributed by atoms with E-state index in [2.05, 4.69) is 15.0 Å². The van der Waals surface area contributed by atoms with Gasteiger partial charge in [-0.1, -0.05) is 12.1 Å². The third kappa shape index (κ3) is 4.26. The van der Waals surface area contributed by atoms with E-state index in [-0.39, 0.29) is 17.0 Å². The molecule has 178 valence electrons. The molecule has 2 heterocycles. The summed E-state index contributed by atoms with van der Waals surface area (Å²) in [5, 5.41) is 11.2. The molecule has 0 saturated heterocycles. The maximum absolute atomic E-state index is 15.3. The fraction of sp³-hybridized carbons (Fsp3) is 0.143. The van der Waals surface area contributed by atoms with Crippen LogP contribution in [0.1, 0.15) is 22.8 Å². The number of alkyl halides is 3. The van der Waals surface area contributed by atoms with Crippen LogP contribution >= 0.6 is 0 Å². The highest BCUT2D eigenvalue weighted by atomic mass is 32.2. The molecule has 2 aromatic heterocycles. The molecular formula is C21H16F4N4O4S. The van der Waals surface area contributed by atoms with Crippen molar-refractivity contribution in [2.45, 2.75) is 17.2 Å². The van der Waals surface area contributed by atoms with Gasteiger partial charge >= 0.3 is 6.18 Å². The molecule has 4 aromatic rings. The van der Waals surface area contributed by atoms with E-state index in [1.165, 1.54) is 31.8 Å². The van der Waals surface area contributed by atoms with Crippen LogP contribution in [0.2, 0.25) is 0 Å². The topological polar surface area (TPSA) is 117 Å². The average molecular weight is 496 g/mol. The predicted molar refractivity (Wildman–Crippen MR) is 113 cm³/mol. The number of H-pyrrole nitrogens is 1. The molecule has 0 bridgehead atoms. The zero-order chi connectivity index (χ0) is 24.7. The summed E-state index contributed by atoms with van der Waals surface area (Å²) in [6.07, 6.45) is -3.55. The molecule has 2 aromatic carbocycles. The third-order valence-corrected chi connectivity index (χ3v) is 6.39. The number of aliphatic hydroxyl groups excluding tert-OH is 1. The third-order valence-electron chi connectivity index (χ3n) is 5.01. The molecule has 4 rings (SSSR count). The minimum atomic E-state index is -4.64. The van der Waals surface area contributed by atoms with Gasteiger partial charge in [-0.2, -0.15) is 13.2 Å². The lowest BCUT2D eigenvalue weighted by molar-refractivity contribution is -0.137. The summed E-state index contributed by atoms with van der Waals surface area (Å²) in [5.41, 5.74) is -1.27. The molecule has 0 fully saturated rings. The summed E-state index contributed by atoms with van der Waals surface area (Å²) in [6, 6.07) is 6.43. The fourth-order valence-electron chi connectivity index (χ4n) is 3.36. The predicted octanol–water partition coefficient (Wildman–Crippen LogP) is 4.01. The van der Waals surface area contributed by atoms with Gasteiger partial charge in [0.15, 0.2) is 5.82 Å². The fourth-order valence-corrected chi connectivity index (χ4v) is 4.42. The number of hydrogen-bond donors (Lipinski definition) is 3. The largest absolute Gasteiger partial charge is 0.480 e. The summed E-state index contributed by atoms with van der Waals surface area (Å²) in [6.45, 7) is 0. The van der Waals surface area contributed by atoms with Gasteiger partial charge in [0.2, 0.25) is 5.88 Å². The number of nitrogens with zero attached hydrogens (tertiary/aromatic N) is 2. The molecule has 0 amide bonds. The Balaban J connectivity index is 1.68. The number of halogens is 4. The quantitative estimate of drug-likeness (QED) is 0.348. The van der Waals surface area contributed by atoms with Gasteiger partial charge in [-0.15, -0.1) is 0 Å². The van der Waals surface area contributed by atoms with Gasteiger partial charge in [0.05, 0.1) is 28.6 Å². The molecule has 1 unspecified atom stereocenters. The lowest BCUT2D eigenvalue weighted by atomic mass is 10.0. The van der Waals surface area contributed by atoms with Gasteiger partial charge in [-0.25, -0.2) is 22.8 Å². The Morgan fingerprint density at radius 1 is 1.09 bits per heavy atom. The van der Waals surface area contributed by atoms with E-state index in [0.717, 1.165) is 18.2 Å². The summed E-state index contributed by atoms with van der Waals surface area (Å²) in [7, 11) is -3.06. The first kappa shape index (κ1) is 23.4. The van der Waals surface area contributed by atoms with Crippen molar-refractivity contribution in [1.29, 1.82) is 0 Å². The van der Waals surface area contributed by atoms with Crippen molar-refractivity contribution in [3.63, 3.8) is 0 Å². The zero-order valence-electron chi connectivity index (χ0n) is 17.3. The Hall–Kier alpha value is -3.71. The number of methoxy groups -OCH3 is 1. The normalized spacial score (nSPS) is 13.1. The van der Waals surface area contributed by atoms with Crippen molar-refractivity contribution in [1.82, 2.24) is 15.0 Å². The van der Waals surface area contributed by atoms with Gasteiger partial charge in [0, 0.05) is 17.3 Å². The summed E-state index contributed by atoms with van der Waals surface area (Å²) >= 11 is 0. The number of ether oxygens (including phenoxy) is 1. The van der Waals surface area contributed by atoms with Gasteiger partial charge in [0.25, 0.3) is 10.0 Å². The molecule has 0 saturated carbocycles. The molecule has 0 spiro atoms. The second kappa shape index (κ2) is 8.57. The van der Waals surface area contributed by atoms with Crippen molar-refractivity contribution < 1.29 is 35.8 Å². The standard InChI is InChI=1S/C21H16F4N4O4S/c1-33-20-16-14(9-26-19(16)27-10-28-20)18(30)13-3-2-4-15(17(13)22)29-34(31,32)12-7-5-11(6-8-12)21(23,24)25/h2-10,18,29-30H,1H3,(H,26,27,28). The molecule has 0 radical (unpaired) electrons. The molecule has 1 atom stereocenters. The van der Waals surface area contributed by atoms with Crippen LogP contribution in [0, 0.1) is 5.82 Å². The van der Waals surface area contributed by atoms with Gasteiger partial charge in [-0.05, 0) is 30.3 Å². The van der Waals surface area contributed by atoms with Crippen LogP contribution in [-0.4, -0.2) is 35.6 Å². The number of anilines is 1. The number of aromatic nitrogens is 3. The number of fused-ring (bicyclic) bond motifs is 1. The lowest BCUT2D eigenvalue weighted by Crippen LogP contribution is -2.15. The number of aliphatic hydroxyl groups is 1. The molecule has 0 aliphatic rings. The first-order valence-corrected chi connectivity index (χ1v) is 11.0. The Bertz CT molecular complexity index is 1450. The van der Waals surface area contributed by atoms with E-state index < -0.39 is 44.3 Å². The SMILES string of the molecule is COc1ncnc2[nH]cc(C(O)c3cccc(NS(=O)(=O)c4ccc(C(F)(F)F)cc4)c3F)c12. The van der Waals surface area contributed by atoms with Crippen LogP contribution in [0.25, 0.3) is 11.0 Å². The molecule has 34 heavy (non-hydrogen) atoms. The second-order valence-electron chi connectivity index (χ2n) is 7.09. The minimum absolute atomic E-state index is 0.139. The zero-order valence-corrected chi connectivity index (χ0v) is 18.1. The Morgan fingerprint density at radius 3 is 2.44 bits per heavy atom. The molecule has 0 aliphatic carbocycles. The van der Waals surface area contributed by atoms with Crippen molar-refractivity contribution in [2.24, 2.45) is 0 Å². The maximum atomic E-state index is 15.3. The van der Waals surface area contributed by atoms with Gasteiger partial charge in [-0.3, -0.25) is 4.72 Å². The van der Waals surface area contributed by atoms with Crippen molar-refractivity contribution in [3.05, 3.63) is 77.5 Å². The number of nitrogens with one attached hydrogen (secondary N) is 2. The highest BCUT2D eigenvalue weighted by Crippen LogP contribution is 2.35. The molecule has 0 aliphatic heterocycles. The number of benzene rings is 2. The molecule has 8 nitrogen and oxygen atoms in total. The average Bonchev–Trinajstić information content (AvgIpc) is 3.24. The Morgan fingerprint density at radius 2 is 1.79 bits per heavy atom. The minimum Gasteiger partial charge on any atom is -0.480 e. The van der Waals surface area contributed by atoms with Crippen LogP contribution in [0.3, 0.4) is 0 Å². The molecular weight excluding hydrogens is 480 g/mol. The number of sulfonamides is 1. The molecule has 13 heteroatoms. The van der Waals surface area contributed by atoms with Crippen LogP contribution in [-0.2, 0) is 16.2 Å². The Kier molecular flexibility index (Phi) is 5.91. The Labute approximate surface area is 190 Å². The summed E-state index contributed by atoms with van der Waals surface area (Å²) < 4.78 is 85.9. The van der Waals surface area contributed by atoms with Gasteiger partial charge < -0.3 is 14.8 Å². The van der Waals surface area contributed by atoms with Crippen molar-refractivity contribution >= 4 is 26.7 Å². The summed E-state index contributed by atoms with van der Waals surface area (Å²) in [5.74, 6) is -0.935. The molecule has 3 N–H and O–H groups in total. The lowest BCUT2D eigenvalue weighted by Gasteiger charge is -2.16. The first-order chi connectivity index (χ1) is 16.0. The summed E-state index contributed by atoms with van der Waals surface area (Å²) in [4.78, 5) is 10.3. The van der Waals surface area contributed by atoms with E-state index in [9.17, 15) is 26.7 Å². The van der Waals surface area contributed by atoms with Crippen molar-refractivity contribution in [2.75, 3.05) is 11.8 Å². The van der Waals surface area contributed by atoms with E-state index in [1.54, 1.807) is 0 Å². The first-order valence-electron chi connectivity index (χ1n) is 9.55.